The van der Waals surface area contributed by atoms with E-state index in [0.717, 1.165) is 50.5 Å². The highest BCUT2D eigenvalue weighted by atomic mass is 19.2. The zero-order valence-electron chi connectivity index (χ0n) is 18.9. The second-order valence-electron chi connectivity index (χ2n) is 9.14. The summed E-state index contributed by atoms with van der Waals surface area (Å²) in [7, 11) is 0. The maximum absolute atomic E-state index is 14.0. The van der Waals surface area contributed by atoms with Gasteiger partial charge in [-0.2, -0.15) is 0 Å². The number of amides is 1. The highest BCUT2D eigenvalue weighted by Crippen LogP contribution is 2.37. The number of carbonyl (C=O) groups is 2. The highest BCUT2D eigenvalue weighted by molar-refractivity contribution is 5.90. The van der Waals surface area contributed by atoms with E-state index in [1.54, 1.807) is 19.9 Å². The van der Waals surface area contributed by atoms with Crippen LogP contribution in [0.3, 0.4) is 0 Å². The quantitative estimate of drug-likeness (QED) is 0.510. The predicted octanol–water partition coefficient (Wildman–Crippen LogP) is 3.40. The number of rotatable bonds is 7. The fraction of sp³-hybridized carbons (Fsp3) is 0.583. The minimum Gasteiger partial charge on any atom is -0.446 e. The number of benzene rings is 1. The van der Waals surface area contributed by atoms with Crippen LogP contribution in [-0.2, 0) is 14.3 Å². The van der Waals surface area contributed by atoms with Crippen molar-refractivity contribution in [2.24, 2.45) is 11.7 Å². The van der Waals surface area contributed by atoms with Gasteiger partial charge in [-0.1, -0.05) is 11.6 Å². The van der Waals surface area contributed by atoms with Gasteiger partial charge in [0.1, 0.15) is 0 Å². The van der Waals surface area contributed by atoms with Crippen molar-refractivity contribution in [1.82, 2.24) is 4.90 Å². The number of allylic oxidation sites excluding steroid dienone is 1. The van der Waals surface area contributed by atoms with Crippen molar-refractivity contribution in [2.75, 3.05) is 37.6 Å². The summed E-state index contributed by atoms with van der Waals surface area (Å²) in [5.74, 6) is -2.27. The number of nitrogens with zero attached hydrogens (tertiary/aromatic N) is 2. The Morgan fingerprint density at radius 1 is 1.16 bits per heavy atom. The summed E-state index contributed by atoms with van der Waals surface area (Å²) < 4.78 is 33.0. The van der Waals surface area contributed by atoms with Crippen molar-refractivity contribution in [2.45, 2.75) is 51.6 Å². The molecule has 1 heterocycles. The Bertz CT molecular complexity index is 854. The van der Waals surface area contributed by atoms with E-state index in [-0.39, 0.29) is 0 Å². The number of ether oxygens (including phenoxy) is 1. The number of piperazine rings is 1. The Hall–Kier alpha value is -2.48. The van der Waals surface area contributed by atoms with Crippen LogP contribution < -0.4 is 10.6 Å². The van der Waals surface area contributed by atoms with E-state index in [1.807, 2.05) is 4.90 Å². The third kappa shape index (κ3) is 5.85. The van der Waals surface area contributed by atoms with E-state index < -0.39 is 29.1 Å². The molecule has 8 heteroatoms. The van der Waals surface area contributed by atoms with Gasteiger partial charge in [-0.25, -0.2) is 13.6 Å². The lowest BCUT2D eigenvalue weighted by atomic mass is 9.77. The van der Waals surface area contributed by atoms with Gasteiger partial charge in [-0.3, -0.25) is 9.69 Å². The minimum atomic E-state index is -1.21. The molecule has 0 spiro atoms. The SMILES string of the molecule is CC(C)=CC(=O)OC1(C(N)=O)CCC(CCN2CCN(c3cccc(F)c3F)CC2)CC1. The van der Waals surface area contributed by atoms with Crippen LogP contribution in [0.5, 0.6) is 0 Å². The van der Waals surface area contributed by atoms with Crippen LogP contribution in [0, 0.1) is 17.6 Å². The van der Waals surface area contributed by atoms with Gasteiger partial charge in [0.25, 0.3) is 5.91 Å². The number of nitrogens with two attached hydrogens (primary N) is 1. The fourth-order valence-electron chi connectivity index (χ4n) is 4.60. The largest absolute Gasteiger partial charge is 0.446 e. The fourth-order valence-corrected chi connectivity index (χ4v) is 4.60. The lowest BCUT2D eigenvalue weighted by Gasteiger charge is -2.39. The number of anilines is 1. The molecule has 32 heavy (non-hydrogen) atoms. The summed E-state index contributed by atoms with van der Waals surface area (Å²) >= 11 is 0. The van der Waals surface area contributed by atoms with Crippen LogP contribution in [0.25, 0.3) is 0 Å². The van der Waals surface area contributed by atoms with Gasteiger partial charge in [-0.05, 0) is 70.5 Å². The second-order valence-corrected chi connectivity index (χ2v) is 9.14. The molecule has 0 aromatic heterocycles. The Kier molecular flexibility index (Phi) is 7.87. The van der Waals surface area contributed by atoms with E-state index >= 15 is 0 Å². The number of hydrogen-bond donors (Lipinski definition) is 1. The first-order valence-corrected chi connectivity index (χ1v) is 11.3. The van der Waals surface area contributed by atoms with Gasteiger partial charge in [0.05, 0.1) is 5.69 Å². The zero-order chi connectivity index (χ0) is 23.3. The molecule has 1 amide bonds. The van der Waals surface area contributed by atoms with E-state index in [0.29, 0.717) is 37.5 Å². The summed E-state index contributed by atoms with van der Waals surface area (Å²) in [4.78, 5) is 28.3. The summed E-state index contributed by atoms with van der Waals surface area (Å²) in [6, 6.07) is 4.28. The van der Waals surface area contributed by atoms with Crippen LogP contribution in [0.2, 0.25) is 0 Å². The van der Waals surface area contributed by atoms with Gasteiger partial charge in [0, 0.05) is 32.3 Å². The van der Waals surface area contributed by atoms with E-state index in [2.05, 4.69) is 4.90 Å². The van der Waals surface area contributed by atoms with Crippen molar-refractivity contribution in [3.05, 3.63) is 41.5 Å². The van der Waals surface area contributed by atoms with Crippen molar-refractivity contribution >= 4 is 17.6 Å². The van der Waals surface area contributed by atoms with Crippen LogP contribution in [-0.4, -0.2) is 55.1 Å². The Balaban J connectivity index is 1.45. The molecule has 0 bridgehead atoms. The van der Waals surface area contributed by atoms with Crippen molar-refractivity contribution in [3.63, 3.8) is 0 Å². The Labute approximate surface area is 188 Å². The number of carbonyl (C=O) groups excluding carboxylic acids is 2. The third-order valence-electron chi connectivity index (χ3n) is 6.56. The molecule has 176 valence electrons. The smallest absolute Gasteiger partial charge is 0.331 e. The molecule has 1 aliphatic heterocycles. The molecule has 1 aromatic carbocycles. The first-order valence-electron chi connectivity index (χ1n) is 11.3. The van der Waals surface area contributed by atoms with Gasteiger partial charge < -0.3 is 15.4 Å². The van der Waals surface area contributed by atoms with Gasteiger partial charge in [0.2, 0.25) is 0 Å². The first kappa shape index (κ1) is 24.2. The zero-order valence-corrected chi connectivity index (χ0v) is 18.9. The molecular formula is C24H33F2N3O3. The third-order valence-corrected chi connectivity index (χ3v) is 6.56. The number of primary amides is 1. The molecule has 1 saturated heterocycles. The molecule has 1 aromatic rings. The summed E-state index contributed by atoms with van der Waals surface area (Å²) in [6.07, 6.45) is 4.81. The Morgan fingerprint density at radius 2 is 1.81 bits per heavy atom. The molecule has 2 aliphatic rings. The highest BCUT2D eigenvalue weighted by Gasteiger charge is 2.43. The predicted molar refractivity (Wildman–Crippen MR) is 119 cm³/mol. The molecule has 1 saturated carbocycles. The molecule has 0 radical (unpaired) electrons. The molecule has 1 aliphatic carbocycles. The lowest BCUT2D eigenvalue weighted by molar-refractivity contribution is -0.167. The molecule has 6 nitrogen and oxygen atoms in total. The summed E-state index contributed by atoms with van der Waals surface area (Å²) in [6.45, 7) is 7.37. The van der Waals surface area contributed by atoms with Crippen molar-refractivity contribution in [1.29, 1.82) is 0 Å². The van der Waals surface area contributed by atoms with E-state index in [4.69, 9.17) is 10.5 Å². The summed E-state index contributed by atoms with van der Waals surface area (Å²) in [5.41, 5.74) is 5.52. The Morgan fingerprint density at radius 3 is 2.41 bits per heavy atom. The lowest BCUT2D eigenvalue weighted by Crippen LogP contribution is -2.50. The molecular weight excluding hydrogens is 416 g/mol. The van der Waals surface area contributed by atoms with Gasteiger partial charge in [0.15, 0.2) is 17.2 Å². The maximum Gasteiger partial charge on any atom is 0.331 e. The minimum absolute atomic E-state index is 0.322. The first-order chi connectivity index (χ1) is 15.2. The topological polar surface area (TPSA) is 75.9 Å². The monoisotopic (exact) mass is 449 g/mol. The summed E-state index contributed by atoms with van der Waals surface area (Å²) in [5, 5.41) is 0. The number of halogens is 2. The average Bonchev–Trinajstić information content (AvgIpc) is 2.75. The van der Waals surface area contributed by atoms with Crippen LogP contribution in [0.15, 0.2) is 29.8 Å². The second kappa shape index (κ2) is 10.4. The van der Waals surface area contributed by atoms with E-state index in [1.165, 1.54) is 12.1 Å². The van der Waals surface area contributed by atoms with Gasteiger partial charge >= 0.3 is 5.97 Å². The van der Waals surface area contributed by atoms with Crippen LogP contribution >= 0.6 is 0 Å². The number of hydrogen-bond acceptors (Lipinski definition) is 5. The van der Waals surface area contributed by atoms with Crippen molar-refractivity contribution < 1.29 is 23.1 Å². The van der Waals surface area contributed by atoms with Crippen LogP contribution in [0.4, 0.5) is 14.5 Å². The van der Waals surface area contributed by atoms with Crippen molar-refractivity contribution in [3.8, 4) is 0 Å². The number of esters is 1. The van der Waals surface area contributed by atoms with E-state index in [9.17, 15) is 18.4 Å². The normalized spacial score (nSPS) is 24.1. The molecule has 2 N–H and O–H groups in total. The average molecular weight is 450 g/mol. The standard InChI is InChI=1S/C24H33F2N3O3/c1-17(2)16-21(30)32-24(23(27)31)9-6-18(7-10-24)8-11-28-12-14-29(15-13-28)20-5-3-4-19(25)22(20)26/h3-5,16,18H,6-15H2,1-2H3,(H2,27,31). The van der Waals surface area contributed by atoms with Gasteiger partial charge in [-0.15, -0.1) is 0 Å². The van der Waals surface area contributed by atoms with Crippen LogP contribution in [0.1, 0.15) is 46.0 Å². The molecule has 0 unspecified atom stereocenters. The molecule has 0 atom stereocenters. The maximum atomic E-state index is 14.0. The molecule has 2 fully saturated rings. The molecule has 3 rings (SSSR count).